The summed E-state index contributed by atoms with van der Waals surface area (Å²) in [4.78, 5) is 28.3. The zero-order valence-electron chi connectivity index (χ0n) is 14.1. The third-order valence-corrected chi connectivity index (χ3v) is 4.27. The number of anilines is 1. The Kier molecular flexibility index (Phi) is 6.30. The van der Waals surface area contributed by atoms with E-state index < -0.39 is 30.4 Å². The molecule has 7 heteroatoms. The van der Waals surface area contributed by atoms with Crippen LogP contribution in [0.4, 0.5) is 5.69 Å². The van der Waals surface area contributed by atoms with E-state index in [0.717, 1.165) is 31.9 Å². The highest BCUT2D eigenvalue weighted by Crippen LogP contribution is 2.17. The molecule has 0 aliphatic carbocycles. The van der Waals surface area contributed by atoms with E-state index in [4.69, 9.17) is 5.11 Å². The van der Waals surface area contributed by atoms with Gasteiger partial charge in [0.15, 0.2) is 5.78 Å². The molecular formula is C17H25N3O4. The largest absolute Gasteiger partial charge is 0.391 e. The predicted molar refractivity (Wildman–Crippen MR) is 91.2 cm³/mol. The van der Waals surface area contributed by atoms with Gasteiger partial charge in [-0.15, -0.1) is 0 Å². The van der Waals surface area contributed by atoms with Crippen molar-refractivity contribution < 1.29 is 19.8 Å². The Morgan fingerprint density at radius 3 is 2.25 bits per heavy atom. The van der Waals surface area contributed by atoms with Gasteiger partial charge in [-0.05, 0) is 38.2 Å². The maximum atomic E-state index is 12.2. The lowest BCUT2D eigenvalue weighted by Crippen LogP contribution is -2.48. The third-order valence-electron chi connectivity index (χ3n) is 4.27. The lowest BCUT2D eigenvalue weighted by Gasteiger charge is -2.34. The van der Waals surface area contributed by atoms with E-state index in [1.165, 1.54) is 6.92 Å². The minimum Gasteiger partial charge on any atom is -0.391 e. The summed E-state index contributed by atoms with van der Waals surface area (Å²) in [5, 5.41) is 21.0. The second kappa shape index (κ2) is 8.23. The number of ketones is 1. The SMILES string of the molecule is C[C@@H](O)[C@H](NC(=O)c1ccc(N2CCN(C)CC2)cc1)C(=O)CO. The Labute approximate surface area is 141 Å². The molecule has 2 rings (SSSR count). The van der Waals surface area contributed by atoms with E-state index in [1.807, 2.05) is 12.1 Å². The van der Waals surface area contributed by atoms with Crippen molar-refractivity contribution in [1.29, 1.82) is 0 Å². The third kappa shape index (κ3) is 4.53. The van der Waals surface area contributed by atoms with Crippen LogP contribution in [-0.4, -0.2) is 78.8 Å². The number of Topliss-reactive ketones (excluding diaryl/α,β-unsaturated/α-hetero) is 1. The number of carbonyl (C=O) groups is 2. The summed E-state index contributed by atoms with van der Waals surface area (Å²) in [5.41, 5.74) is 1.46. The molecule has 1 heterocycles. The van der Waals surface area contributed by atoms with Gasteiger partial charge in [-0.2, -0.15) is 0 Å². The van der Waals surface area contributed by atoms with Gasteiger partial charge in [-0.3, -0.25) is 9.59 Å². The molecule has 7 nitrogen and oxygen atoms in total. The van der Waals surface area contributed by atoms with E-state index in [2.05, 4.69) is 22.2 Å². The van der Waals surface area contributed by atoms with Crippen molar-refractivity contribution in [3.63, 3.8) is 0 Å². The van der Waals surface area contributed by atoms with Crippen molar-refractivity contribution in [3.8, 4) is 0 Å². The van der Waals surface area contributed by atoms with E-state index >= 15 is 0 Å². The summed E-state index contributed by atoms with van der Waals surface area (Å²) in [5.74, 6) is -1.07. The Morgan fingerprint density at radius 2 is 1.75 bits per heavy atom. The molecule has 0 radical (unpaired) electrons. The van der Waals surface area contributed by atoms with Gasteiger partial charge in [0.2, 0.25) is 0 Å². The van der Waals surface area contributed by atoms with Gasteiger partial charge in [-0.1, -0.05) is 0 Å². The second-order valence-corrected chi connectivity index (χ2v) is 6.15. The van der Waals surface area contributed by atoms with Crippen LogP contribution < -0.4 is 10.2 Å². The van der Waals surface area contributed by atoms with E-state index in [0.29, 0.717) is 5.56 Å². The Morgan fingerprint density at radius 1 is 1.17 bits per heavy atom. The monoisotopic (exact) mass is 335 g/mol. The molecule has 24 heavy (non-hydrogen) atoms. The minimum atomic E-state index is -1.11. The molecule has 1 fully saturated rings. The van der Waals surface area contributed by atoms with Gasteiger partial charge in [0.05, 0.1) is 6.10 Å². The molecule has 1 aromatic carbocycles. The zero-order valence-corrected chi connectivity index (χ0v) is 14.1. The number of benzene rings is 1. The maximum absolute atomic E-state index is 12.2. The number of rotatable bonds is 6. The molecule has 1 saturated heterocycles. The average molecular weight is 335 g/mol. The number of hydrogen-bond acceptors (Lipinski definition) is 6. The molecule has 0 saturated carbocycles. The van der Waals surface area contributed by atoms with Crippen LogP contribution >= 0.6 is 0 Å². The normalized spacial score (nSPS) is 18.1. The van der Waals surface area contributed by atoms with Crippen molar-refractivity contribution in [2.45, 2.75) is 19.1 Å². The number of carbonyl (C=O) groups excluding carboxylic acids is 2. The zero-order chi connectivity index (χ0) is 17.7. The van der Waals surface area contributed by atoms with Crippen LogP contribution in [0.15, 0.2) is 24.3 Å². The van der Waals surface area contributed by atoms with Crippen LogP contribution in [0.2, 0.25) is 0 Å². The van der Waals surface area contributed by atoms with Crippen molar-refractivity contribution in [2.75, 3.05) is 44.7 Å². The Balaban J connectivity index is 2.01. The first kappa shape index (κ1) is 18.4. The fraction of sp³-hybridized carbons (Fsp3) is 0.529. The molecule has 1 amide bonds. The predicted octanol–water partition coefficient (Wildman–Crippen LogP) is -0.521. The summed E-state index contributed by atoms with van der Waals surface area (Å²) < 4.78 is 0. The van der Waals surface area contributed by atoms with Crippen LogP contribution in [0.3, 0.4) is 0 Å². The average Bonchev–Trinajstić information content (AvgIpc) is 2.59. The van der Waals surface area contributed by atoms with Gasteiger partial charge < -0.3 is 25.3 Å². The molecule has 2 atom stereocenters. The number of amides is 1. The highest BCUT2D eigenvalue weighted by molar-refractivity contribution is 5.98. The van der Waals surface area contributed by atoms with E-state index in [9.17, 15) is 14.7 Å². The molecule has 0 bridgehead atoms. The molecule has 1 aromatic rings. The molecule has 0 spiro atoms. The topological polar surface area (TPSA) is 93.1 Å². The maximum Gasteiger partial charge on any atom is 0.251 e. The minimum absolute atomic E-state index is 0.407. The number of piperazine rings is 1. The van der Waals surface area contributed by atoms with Crippen LogP contribution in [0.25, 0.3) is 0 Å². The number of nitrogens with one attached hydrogen (secondary N) is 1. The van der Waals surface area contributed by atoms with Crippen molar-refractivity contribution in [2.24, 2.45) is 0 Å². The first-order valence-corrected chi connectivity index (χ1v) is 8.08. The van der Waals surface area contributed by atoms with Gasteiger partial charge in [0, 0.05) is 37.4 Å². The summed E-state index contributed by atoms with van der Waals surface area (Å²) >= 11 is 0. The second-order valence-electron chi connectivity index (χ2n) is 6.15. The highest BCUT2D eigenvalue weighted by atomic mass is 16.3. The van der Waals surface area contributed by atoms with Gasteiger partial charge in [0.25, 0.3) is 5.91 Å². The summed E-state index contributed by atoms with van der Waals surface area (Å²) in [7, 11) is 2.09. The van der Waals surface area contributed by atoms with Crippen molar-refractivity contribution in [3.05, 3.63) is 29.8 Å². The molecule has 0 unspecified atom stereocenters. The van der Waals surface area contributed by atoms with Gasteiger partial charge >= 0.3 is 0 Å². The fourth-order valence-electron chi connectivity index (χ4n) is 2.68. The van der Waals surface area contributed by atoms with Crippen molar-refractivity contribution in [1.82, 2.24) is 10.2 Å². The van der Waals surface area contributed by atoms with Crippen LogP contribution in [0, 0.1) is 0 Å². The smallest absolute Gasteiger partial charge is 0.251 e. The number of nitrogens with zero attached hydrogens (tertiary/aromatic N) is 2. The number of likely N-dealkylation sites (N-methyl/N-ethyl adjacent to an activating group) is 1. The van der Waals surface area contributed by atoms with E-state index in [1.54, 1.807) is 12.1 Å². The molecule has 1 aliphatic heterocycles. The van der Waals surface area contributed by atoms with E-state index in [-0.39, 0.29) is 0 Å². The summed E-state index contributed by atoms with van der Waals surface area (Å²) in [6, 6.07) is 6.05. The molecule has 0 aromatic heterocycles. The molecule has 132 valence electrons. The van der Waals surface area contributed by atoms with Crippen molar-refractivity contribution >= 4 is 17.4 Å². The number of aliphatic hydroxyl groups excluding tert-OH is 2. The standard InChI is InChI=1S/C17H25N3O4/c1-12(22)16(15(23)11-21)18-17(24)13-3-5-14(6-4-13)20-9-7-19(2)8-10-20/h3-6,12,16,21-22H,7-11H2,1-2H3,(H,18,24)/t12-,16+/m1/s1. The summed E-state index contributed by atoms with van der Waals surface area (Å²) in [6.07, 6.45) is -1.07. The number of aliphatic hydroxyl groups is 2. The Bertz CT molecular complexity index is 566. The quantitative estimate of drug-likeness (QED) is 0.648. The lowest BCUT2D eigenvalue weighted by molar-refractivity contribution is -0.125. The summed E-state index contributed by atoms with van der Waals surface area (Å²) in [6.45, 7) is 4.56. The van der Waals surface area contributed by atoms with Gasteiger partial charge in [0.1, 0.15) is 12.6 Å². The Hall–Kier alpha value is -1.96. The van der Waals surface area contributed by atoms with Crippen LogP contribution in [0.1, 0.15) is 17.3 Å². The lowest BCUT2D eigenvalue weighted by atomic mass is 10.1. The van der Waals surface area contributed by atoms with Crippen LogP contribution in [-0.2, 0) is 4.79 Å². The first-order valence-electron chi connectivity index (χ1n) is 8.08. The molecule has 3 N–H and O–H groups in total. The molecule has 1 aliphatic rings. The fourth-order valence-corrected chi connectivity index (χ4v) is 2.68. The number of hydrogen-bond donors (Lipinski definition) is 3. The van der Waals surface area contributed by atoms with Gasteiger partial charge in [-0.25, -0.2) is 0 Å². The van der Waals surface area contributed by atoms with Crippen LogP contribution in [0.5, 0.6) is 0 Å². The molecular weight excluding hydrogens is 310 g/mol. The first-order chi connectivity index (χ1) is 11.4. The highest BCUT2D eigenvalue weighted by Gasteiger charge is 2.25.